The van der Waals surface area contributed by atoms with Crippen LogP contribution in [0.15, 0.2) is 59.0 Å². The van der Waals surface area contributed by atoms with Crippen LogP contribution < -0.4 is 10.2 Å². The third-order valence-electron chi connectivity index (χ3n) is 3.77. The molecule has 128 valence electrons. The molecular formula is C19H20N4O2. The van der Waals surface area contributed by atoms with Crippen molar-refractivity contribution in [3.05, 3.63) is 71.9 Å². The standard InChI is InChI=1S/C19H20N4O2/c1-23(2)16-11-9-15(10-12-16)20-18(24)19-22-21-17(25-19)13-8-14-6-4-3-5-7-14/h3-7,9-12H,8,13H2,1-2H3,(H,20,24). The molecule has 1 amide bonds. The fraction of sp³-hybridized carbons (Fsp3) is 0.211. The summed E-state index contributed by atoms with van der Waals surface area (Å²) in [4.78, 5) is 14.2. The number of aryl methyl sites for hydroxylation is 2. The molecule has 0 spiro atoms. The van der Waals surface area contributed by atoms with Gasteiger partial charge in [-0.15, -0.1) is 10.2 Å². The predicted molar refractivity (Wildman–Crippen MR) is 96.9 cm³/mol. The van der Waals surface area contributed by atoms with Crippen molar-refractivity contribution >= 4 is 17.3 Å². The van der Waals surface area contributed by atoms with Crippen LogP contribution in [0, 0.1) is 0 Å². The summed E-state index contributed by atoms with van der Waals surface area (Å²) in [5.41, 5.74) is 2.92. The molecule has 1 heterocycles. The average Bonchev–Trinajstić information content (AvgIpc) is 3.10. The van der Waals surface area contributed by atoms with Gasteiger partial charge in [-0.3, -0.25) is 4.79 Å². The molecule has 2 aromatic carbocycles. The first-order valence-electron chi connectivity index (χ1n) is 8.07. The first-order valence-corrected chi connectivity index (χ1v) is 8.07. The number of hydrogen-bond acceptors (Lipinski definition) is 5. The molecule has 25 heavy (non-hydrogen) atoms. The van der Waals surface area contributed by atoms with E-state index in [0.29, 0.717) is 18.0 Å². The van der Waals surface area contributed by atoms with Crippen molar-refractivity contribution in [2.45, 2.75) is 12.8 Å². The highest BCUT2D eigenvalue weighted by Gasteiger charge is 2.15. The van der Waals surface area contributed by atoms with Gasteiger partial charge in [-0.25, -0.2) is 0 Å². The van der Waals surface area contributed by atoms with Gasteiger partial charge in [0.1, 0.15) is 0 Å². The lowest BCUT2D eigenvalue weighted by atomic mass is 10.1. The number of hydrogen-bond donors (Lipinski definition) is 1. The number of nitrogens with one attached hydrogen (secondary N) is 1. The Morgan fingerprint density at radius 1 is 1.00 bits per heavy atom. The number of nitrogens with zero attached hydrogens (tertiary/aromatic N) is 3. The topological polar surface area (TPSA) is 71.3 Å². The molecule has 1 N–H and O–H groups in total. The van der Waals surface area contributed by atoms with Crippen LogP contribution in [-0.2, 0) is 12.8 Å². The number of amides is 1. The minimum absolute atomic E-state index is 0.0280. The van der Waals surface area contributed by atoms with E-state index in [-0.39, 0.29) is 5.89 Å². The summed E-state index contributed by atoms with van der Waals surface area (Å²) in [6, 6.07) is 17.6. The summed E-state index contributed by atoms with van der Waals surface area (Å²) >= 11 is 0. The Bertz CT molecular complexity index is 826. The number of rotatable bonds is 6. The van der Waals surface area contributed by atoms with Crippen LogP contribution in [0.5, 0.6) is 0 Å². The second-order valence-corrected chi connectivity index (χ2v) is 5.88. The number of benzene rings is 2. The Balaban J connectivity index is 1.58. The van der Waals surface area contributed by atoms with E-state index in [9.17, 15) is 4.79 Å². The van der Waals surface area contributed by atoms with Crippen LogP contribution in [0.3, 0.4) is 0 Å². The molecule has 0 saturated heterocycles. The molecule has 1 aromatic heterocycles. The Kier molecular flexibility index (Phi) is 5.09. The van der Waals surface area contributed by atoms with Gasteiger partial charge in [-0.1, -0.05) is 30.3 Å². The minimum atomic E-state index is -0.406. The number of anilines is 2. The number of carbonyl (C=O) groups is 1. The van der Waals surface area contributed by atoms with Gasteiger partial charge in [-0.05, 0) is 36.2 Å². The Morgan fingerprint density at radius 2 is 1.72 bits per heavy atom. The summed E-state index contributed by atoms with van der Waals surface area (Å²) in [6.07, 6.45) is 1.39. The molecule has 0 aliphatic rings. The zero-order chi connectivity index (χ0) is 17.6. The van der Waals surface area contributed by atoms with E-state index in [1.165, 1.54) is 5.56 Å². The zero-order valence-electron chi connectivity index (χ0n) is 14.3. The highest BCUT2D eigenvalue weighted by Crippen LogP contribution is 2.16. The second kappa shape index (κ2) is 7.61. The first-order chi connectivity index (χ1) is 12.1. The minimum Gasteiger partial charge on any atom is -0.417 e. The fourth-order valence-corrected chi connectivity index (χ4v) is 2.37. The predicted octanol–water partition coefficient (Wildman–Crippen LogP) is 3.17. The highest BCUT2D eigenvalue weighted by molar-refractivity contribution is 6.00. The Hall–Kier alpha value is -3.15. The van der Waals surface area contributed by atoms with Crippen molar-refractivity contribution in [1.29, 1.82) is 0 Å². The molecule has 6 heteroatoms. The lowest BCUT2D eigenvalue weighted by molar-refractivity contribution is 0.0988. The molecule has 6 nitrogen and oxygen atoms in total. The maximum absolute atomic E-state index is 12.2. The average molecular weight is 336 g/mol. The lowest BCUT2D eigenvalue weighted by Gasteiger charge is -2.12. The van der Waals surface area contributed by atoms with Gasteiger partial charge in [0.05, 0.1) is 0 Å². The molecular weight excluding hydrogens is 316 g/mol. The van der Waals surface area contributed by atoms with E-state index in [0.717, 1.165) is 12.1 Å². The van der Waals surface area contributed by atoms with Crippen LogP contribution in [0.1, 0.15) is 22.1 Å². The van der Waals surface area contributed by atoms with Gasteiger partial charge < -0.3 is 14.6 Å². The van der Waals surface area contributed by atoms with Gasteiger partial charge in [0, 0.05) is 31.9 Å². The van der Waals surface area contributed by atoms with Crippen LogP contribution >= 0.6 is 0 Å². The van der Waals surface area contributed by atoms with E-state index in [2.05, 4.69) is 15.5 Å². The van der Waals surface area contributed by atoms with Crippen molar-refractivity contribution in [2.24, 2.45) is 0 Å². The molecule has 0 radical (unpaired) electrons. The van der Waals surface area contributed by atoms with Gasteiger partial charge >= 0.3 is 11.8 Å². The summed E-state index contributed by atoms with van der Waals surface area (Å²) < 4.78 is 5.46. The van der Waals surface area contributed by atoms with E-state index >= 15 is 0 Å². The Morgan fingerprint density at radius 3 is 2.40 bits per heavy atom. The first kappa shape index (κ1) is 16.7. The monoisotopic (exact) mass is 336 g/mol. The summed E-state index contributed by atoms with van der Waals surface area (Å²) in [5, 5.41) is 10.5. The molecule has 0 unspecified atom stereocenters. The van der Waals surface area contributed by atoms with Gasteiger partial charge in [0.2, 0.25) is 5.89 Å². The van der Waals surface area contributed by atoms with Crippen molar-refractivity contribution in [2.75, 3.05) is 24.3 Å². The van der Waals surface area contributed by atoms with Gasteiger partial charge in [-0.2, -0.15) is 0 Å². The fourth-order valence-electron chi connectivity index (χ4n) is 2.37. The molecule has 0 fully saturated rings. The van der Waals surface area contributed by atoms with Crippen LogP contribution in [0.25, 0.3) is 0 Å². The molecule has 0 saturated carbocycles. The normalized spacial score (nSPS) is 10.5. The Labute approximate surface area is 146 Å². The maximum Gasteiger partial charge on any atom is 0.313 e. The van der Waals surface area contributed by atoms with Gasteiger partial charge in [0.15, 0.2) is 0 Å². The van der Waals surface area contributed by atoms with Crippen LogP contribution in [-0.4, -0.2) is 30.2 Å². The highest BCUT2D eigenvalue weighted by atomic mass is 16.4. The lowest BCUT2D eigenvalue weighted by Crippen LogP contribution is -2.13. The maximum atomic E-state index is 12.2. The van der Waals surface area contributed by atoms with E-state index in [4.69, 9.17) is 4.42 Å². The van der Waals surface area contributed by atoms with Gasteiger partial charge in [0.25, 0.3) is 0 Å². The van der Waals surface area contributed by atoms with Crippen molar-refractivity contribution in [3.8, 4) is 0 Å². The third-order valence-corrected chi connectivity index (χ3v) is 3.77. The van der Waals surface area contributed by atoms with E-state index in [1.54, 1.807) is 0 Å². The molecule has 0 aliphatic carbocycles. The smallest absolute Gasteiger partial charge is 0.313 e. The van der Waals surface area contributed by atoms with Crippen LogP contribution in [0.4, 0.5) is 11.4 Å². The largest absolute Gasteiger partial charge is 0.417 e. The number of carbonyl (C=O) groups excluding carboxylic acids is 1. The SMILES string of the molecule is CN(C)c1ccc(NC(=O)c2nnc(CCc3ccccc3)o2)cc1. The van der Waals surface area contributed by atoms with Crippen LogP contribution in [0.2, 0.25) is 0 Å². The molecule has 0 atom stereocenters. The van der Waals surface area contributed by atoms with Crippen molar-refractivity contribution < 1.29 is 9.21 Å². The van der Waals surface area contributed by atoms with Crippen molar-refractivity contribution in [1.82, 2.24) is 10.2 Å². The van der Waals surface area contributed by atoms with Crippen molar-refractivity contribution in [3.63, 3.8) is 0 Å². The third kappa shape index (κ3) is 4.44. The molecule has 3 aromatic rings. The summed E-state index contributed by atoms with van der Waals surface area (Å²) in [5.74, 6) is 0.0211. The summed E-state index contributed by atoms with van der Waals surface area (Å²) in [7, 11) is 3.92. The molecule has 3 rings (SSSR count). The number of aromatic nitrogens is 2. The second-order valence-electron chi connectivity index (χ2n) is 5.88. The molecule has 0 aliphatic heterocycles. The van der Waals surface area contributed by atoms with E-state index < -0.39 is 5.91 Å². The quantitative estimate of drug-likeness (QED) is 0.748. The zero-order valence-corrected chi connectivity index (χ0v) is 14.3. The summed E-state index contributed by atoms with van der Waals surface area (Å²) in [6.45, 7) is 0. The molecule has 0 bridgehead atoms. The van der Waals surface area contributed by atoms with E-state index in [1.807, 2.05) is 73.6 Å².